The molecule has 0 atom stereocenters. The van der Waals surface area contributed by atoms with E-state index in [-0.39, 0.29) is 11.3 Å². The molecule has 0 aliphatic carbocycles. The smallest absolute Gasteiger partial charge is 0.335 e. The molecule has 0 aromatic heterocycles. The van der Waals surface area contributed by atoms with Gasteiger partial charge in [-0.1, -0.05) is 12.1 Å². The summed E-state index contributed by atoms with van der Waals surface area (Å²) in [6.45, 7) is 2.12. The highest BCUT2D eigenvalue weighted by Crippen LogP contribution is 2.22. The highest BCUT2D eigenvalue weighted by Gasteiger charge is 2.10. The standard InChI is InChI=1S/C15H14N2O4/c1-10-7-13(5-6-14(10)17(20)21)16-9-11-3-2-4-12(8-11)15(18)19/h2-8,16H,9H2,1H3,(H,18,19). The predicted molar refractivity (Wildman–Crippen MR) is 78.6 cm³/mol. The van der Waals surface area contributed by atoms with E-state index in [1.165, 1.54) is 12.1 Å². The van der Waals surface area contributed by atoms with Gasteiger partial charge >= 0.3 is 5.97 Å². The van der Waals surface area contributed by atoms with Gasteiger partial charge in [0.25, 0.3) is 5.69 Å². The minimum atomic E-state index is -0.969. The van der Waals surface area contributed by atoms with E-state index >= 15 is 0 Å². The minimum absolute atomic E-state index is 0.0772. The zero-order valence-corrected chi connectivity index (χ0v) is 11.4. The Labute approximate surface area is 121 Å². The number of hydrogen-bond donors (Lipinski definition) is 2. The van der Waals surface area contributed by atoms with Crippen molar-refractivity contribution in [3.63, 3.8) is 0 Å². The van der Waals surface area contributed by atoms with E-state index in [4.69, 9.17) is 5.11 Å². The average molecular weight is 286 g/mol. The Bertz CT molecular complexity index is 698. The Hall–Kier alpha value is -2.89. The molecule has 0 aliphatic rings. The Balaban J connectivity index is 2.10. The third kappa shape index (κ3) is 3.56. The highest BCUT2D eigenvalue weighted by molar-refractivity contribution is 5.87. The molecule has 0 bridgehead atoms. The van der Waals surface area contributed by atoms with Crippen molar-refractivity contribution in [1.29, 1.82) is 0 Å². The van der Waals surface area contributed by atoms with Crippen LogP contribution in [-0.2, 0) is 6.54 Å². The van der Waals surface area contributed by atoms with Crippen molar-refractivity contribution in [2.45, 2.75) is 13.5 Å². The molecule has 6 heteroatoms. The number of nitrogens with one attached hydrogen (secondary N) is 1. The lowest BCUT2D eigenvalue weighted by molar-refractivity contribution is -0.385. The van der Waals surface area contributed by atoms with Crippen LogP contribution in [0.2, 0.25) is 0 Å². The first-order chi connectivity index (χ1) is 9.97. The van der Waals surface area contributed by atoms with E-state index in [1.54, 1.807) is 31.2 Å². The lowest BCUT2D eigenvalue weighted by Crippen LogP contribution is -2.03. The second kappa shape index (κ2) is 6.04. The molecular weight excluding hydrogens is 272 g/mol. The maximum Gasteiger partial charge on any atom is 0.335 e. The van der Waals surface area contributed by atoms with E-state index in [9.17, 15) is 14.9 Å². The summed E-state index contributed by atoms with van der Waals surface area (Å²) < 4.78 is 0. The quantitative estimate of drug-likeness (QED) is 0.650. The molecule has 0 radical (unpaired) electrons. The molecular formula is C15H14N2O4. The molecule has 2 aromatic rings. The van der Waals surface area contributed by atoms with Crippen molar-refractivity contribution in [1.82, 2.24) is 0 Å². The Morgan fingerprint density at radius 3 is 2.67 bits per heavy atom. The molecule has 0 heterocycles. The summed E-state index contributed by atoms with van der Waals surface area (Å²) in [5.74, 6) is -0.969. The molecule has 0 saturated heterocycles. The first kappa shape index (κ1) is 14.5. The third-order valence-electron chi connectivity index (χ3n) is 3.06. The van der Waals surface area contributed by atoms with Gasteiger partial charge in [0, 0.05) is 23.9 Å². The fourth-order valence-corrected chi connectivity index (χ4v) is 1.99. The number of carboxylic acids is 1. The van der Waals surface area contributed by atoms with Crippen LogP contribution in [0.5, 0.6) is 0 Å². The van der Waals surface area contributed by atoms with E-state index in [1.807, 2.05) is 6.07 Å². The van der Waals surface area contributed by atoms with Crippen LogP contribution in [0.3, 0.4) is 0 Å². The van der Waals surface area contributed by atoms with Gasteiger partial charge in [0.15, 0.2) is 0 Å². The van der Waals surface area contributed by atoms with Crippen LogP contribution in [0.15, 0.2) is 42.5 Å². The SMILES string of the molecule is Cc1cc(NCc2cccc(C(=O)O)c2)ccc1[N+](=O)[O-]. The predicted octanol–water partition coefficient (Wildman–Crippen LogP) is 3.21. The summed E-state index contributed by atoms with van der Waals surface area (Å²) in [6.07, 6.45) is 0. The summed E-state index contributed by atoms with van der Waals surface area (Å²) in [5, 5.41) is 22.8. The molecule has 0 unspecified atom stereocenters. The van der Waals surface area contributed by atoms with Gasteiger partial charge in [-0.05, 0) is 36.8 Å². The molecule has 2 rings (SSSR count). The molecule has 0 amide bonds. The molecule has 0 spiro atoms. The van der Waals surface area contributed by atoms with Crippen molar-refractivity contribution >= 4 is 17.3 Å². The van der Waals surface area contributed by atoms with Gasteiger partial charge in [-0.15, -0.1) is 0 Å². The number of anilines is 1. The lowest BCUT2D eigenvalue weighted by Gasteiger charge is -2.08. The number of nitrogens with zero attached hydrogens (tertiary/aromatic N) is 1. The van der Waals surface area contributed by atoms with Crippen molar-refractivity contribution in [2.75, 3.05) is 5.32 Å². The van der Waals surface area contributed by atoms with Gasteiger partial charge in [-0.2, -0.15) is 0 Å². The Kier molecular flexibility index (Phi) is 4.18. The van der Waals surface area contributed by atoms with Crippen molar-refractivity contribution in [3.8, 4) is 0 Å². The largest absolute Gasteiger partial charge is 0.478 e. The first-order valence-electron chi connectivity index (χ1n) is 6.28. The highest BCUT2D eigenvalue weighted by atomic mass is 16.6. The maximum atomic E-state index is 10.9. The van der Waals surface area contributed by atoms with E-state index in [0.29, 0.717) is 12.1 Å². The number of hydrogen-bond acceptors (Lipinski definition) is 4. The topological polar surface area (TPSA) is 92.5 Å². The van der Waals surface area contributed by atoms with Crippen molar-refractivity contribution < 1.29 is 14.8 Å². The molecule has 0 fully saturated rings. The van der Waals surface area contributed by atoms with Crippen molar-refractivity contribution in [3.05, 3.63) is 69.3 Å². The molecule has 2 aromatic carbocycles. The van der Waals surface area contributed by atoms with Crippen LogP contribution in [-0.4, -0.2) is 16.0 Å². The van der Waals surface area contributed by atoms with Gasteiger partial charge in [0.05, 0.1) is 10.5 Å². The van der Waals surface area contributed by atoms with Crippen molar-refractivity contribution in [2.24, 2.45) is 0 Å². The van der Waals surface area contributed by atoms with E-state index in [0.717, 1.165) is 11.3 Å². The molecule has 21 heavy (non-hydrogen) atoms. The normalized spacial score (nSPS) is 10.1. The van der Waals surface area contributed by atoms with Gasteiger partial charge in [-0.25, -0.2) is 4.79 Å². The number of aryl methyl sites for hydroxylation is 1. The number of rotatable bonds is 5. The monoisotopic (exact) mass is 286 g/mol. The number of benzene rings is 2. The first-order valence-corrected chi connectivity index (χ1v) is 6.28. The summed E-state index contributed by atoms with van der Waals surface area (Å²) in [5.41, 5.74) is 2.46. The van der Waals surface area contributed by atoms with Gasteiger partial charge in [0.1, 0.15) is 0 Å². The zero-order valence-electron chi connectivity index (χ0n) is 11.4. The Morgan fingerprint density at radius 1 is 1.29 bits per heavy atom. The molecule has 0 saturated carbocycles. The number of nitro benzene ring substituents is 1. The van der Waals surface area contributed by atoms with E-state index in [2.05, 4.69) is 5.32 Å². The molecule has 2 N–H and O–H groups in total. The summed E-state index contributed by atoms with van der Waals surface area (Å²) >= 11 is 0. The van der Waals surface area contributed by atoms with E-state index < -0.39 is 10.9 Å². The molecule has 6 nitrogen and oxygen atoms in total. The van der Waals surface area contributed by atoms with Crippen LogP contribution in [0.25, 0.3) is 0 Å². The minimum Gasteiger partial charge on any atom is -0.478 e. The fourth-order valence-electron chi connectivity index (χ4n) is 1.99. The van der Waals surface area contributed by atoms with Gasteiger partial charge in [0.2, 0.25) is 0 Å². The summed E-state index contributed by atoms with van der Waals surface area (Å²) in [6, 6.07) is 11.4. The van der Waals surface area contributed by atoms with Gasteiger partial charge in [-0.3, -0.25) is 10.1 Å². The maximum absolute atomic E-state index is 10.9. The number of carbonyl (C=O) groups is 1. The Morgan fingerprint density at radius 2 is 2.05 bits per heavy atom. The molecule has 0 aliphatic heterocycles. The number of aromatic carboxylic acids is 1. The third-order valence-corrected chi connectivity index (χ3v) is 3.06. The number of nitro groups is 1. The fraction of sp³-hybridized carbons (Fsp3) is 0.133. The van der Waals surface area contributed by atoms with Crippen LogP contribution in [0, 0.1) is 17.0 Å². The van der Waals surface area contributed by atoms with Crippen LogP contribution >= 0.6 is 0 Å². The van der Waals surface area contributed by atoms with Gasteiger partial charge < -0.3 is 10.4 Å². The molecule has 108 valence electrons. The van der Waals surface area contributed by atoms with Crippen LogP contribution in [0.4, 0.5) is 11.4 Å². The zero-order chi connectivity index (χ0) is 15.4. The second-order valence-corrected chi connectivity index (χ2v) is 4.62. The summed E-state index contributed by atoms with van der Waals surface area (Å²) in [7, 11) is 0. The van der Waals surface area contributed by atoms with Crippen LogP contribution < -0.4 is 5.32 Å². The lowest BCUT2D eigenvalue weighted by atomic mass is 10.1. The second-order valence-electron chi connectivity index (χ2n) is 4.62. The summed E-state index contributed by atoms with van der Waals surface area (Å²) in [4.78, 5) is 21.2. The average Bonchev–Trinajstić information content (AvgIpc) is 2.45. The van der Waals surface area contributed by atoms with Crippen LogP contribution in [0.1, 0.15) is 21.5 Å². The number of carboxylic acid groups (broad SMARTS) is 1.